The molecule has 1 saturated heterocycles. The number of tetrazole rings is 1. The van der Waals surface area contributed by atoms with Crippen LogP contribution >= 0.6 is 23.4 Å². The number of carbonyl (C=O) groups excluding carboxylic acids is 1. The quantitative estimate of drug-likeness (QED) is 0.466. The molecule has 1 amide bonds. The van der Waals surface area contributed by atoms with Crippen LogP contribution in [-0.2, 0) is 16.1 Å². The summed E-state index contributed by atoms with van der Waals surface area (Å²) in [5, 5.41) is 19.0. The van der Waals surface area contributed by atoms with Gasteiger partial charge in [-0.25, -0.2) is 9.69 Å². The fraction of sp³-hybridized carbons (Fsp3) is 0.409. The predicted octanol–water partition coefficient (Wildman–Crippen LogP) is 3.96. The van der Waals surface area contributed by atoms with Crippen molar-refractivity contribution < 1.29 is 13.9 Å². The van der Waals surface area contributed by atoms with Gasteiger partial charge in [0.05, 0.1) is 29.9 Å². The van der Waals surface area contributed by atoms with E-state index in [4.69, 9.17) is 20.8 Å². The van der Waals surface area contributed by atoms with E-state index in [1.165, 1.54) is 16.8 Å². The SMILES string of the molecule is C[C@H](Sc1nnnn1C[C@@H]1CCCO1)C(=O)N1N=C(c2ccc(Cl)cc2)C[C@@H]1c1ccco1. The van der Waals surface area contributed by atoms with E-state index in [-0.39, 0.29) is 18.1 Å². The Bertz CT molecular complexity index is 1130. The van der Waals surface area contributed by atoms with Crippen molar-refractivity contribution in [2.45, 2.75) is 55.3 Å². The molecule has 2 aliphatic rings. The molecule has 0 unspecified atom stereocenters. The normalized spacial score (nSPS) is 21.4. The van der Waals surface area contributed by atoms with Gasteiger partial charge >= 0.3 is 0 Å². The molecule has 0 radical (unpaired) electrons. The lowest BCUT2D eigenvalue weighted by Crippen LogP contribution is -2.33. The number of thioether (sulfide) groups is 1. The van der Waals surface area contributed by atoms with Gasteiger partial charge in [0.15, 0.2) is 0 Å². The molecular formula is C22H23ClN6O3S. The number of benzene rings is 1. The van der Waals surface area contributed by atoms with Gasteiger partial charge in [-0.2, -0.15) is 5.10 Å². The van der Waals surface area contributed by atoms with E-state index in [0.29, 0.717) is 28.9 Å². The Morgan fingerprint density at radius 1 is 1.30 bits per heavy atom. The average molecular weight is 487 g/mol. The van der Waals surface area contributed by atoms with Crippen molar-refractivity contribution in [1.82, 2.24) is 25.2 Å². The number of furan rings is 1. The average Bonchev–Trinajstić information content (AvgIpc) is 3.61. The van der Waals surface area contributed by atoms with Crippen LogP contribution in [0.15, 0.2) is 57.3 Å². The number of hydrogen-bond acceptors (Lipinski definition) is 8. The van der Waals surface area contributed by atoms with Gasteiger partial charge < -0.3 is 9.15 Å². The number of hydrazone groups is 1. The smallest absolute Gasteiger partial charge is 0.256 e. The maximum atomic E-state index is 13.5. The number of amides is 1. The Morgan fingerprint density at radius 2 is 2.15 bits per heavy atom. The first kappa shape index (κ1) is 22.1. The van der Waals surface area contributed by atoms with Gasteiger partial charge in [0.25, 0.3) is 5.91 Å². The van der Waals surface area contributed by atoms with Crippen molar-refractivity contribution in [1.29, 1.82) is 0 Å². The Kier molecular flexibility index (Phi) is 6.48. The minimum atomic E-state index is -0.454. The molecule has 0 bridgehead atoms. The second-order valence-corrected chi connectivity index (χ2v) is 9.75. The largest absolute Gasteiger partial charge is 0.467 e. The molecule has 0 spiro atoms. The van der Waals surface area contributed by atoms with Crippen LogP contribution in [0.2, 0.25) is 5.02 Å². The summed E-state index contributed by atoms with van der Waals surface area (Å²) < 4.78 is 13.0. The summed E-state index contributed by atoms with van der Waals surface area (Å²) in [6, 6.07) is 10.8. The second-order valence-electron chi connectivity index (χ2n) is 8.01. The van der Waals surface area contributed by atoms with Crippen molar-refractivity contribution >= 4 is 35.0 Å². The topological polar surface area (TPSA) is 98.6 Å². The summed E-state index contributed by atoms with van der Waals surface area (Å²) in [4.78, 5) is 13.5. The highest BCUT2D eigenvalue weighted by Crippen LogP contribution is 2.35. The molecule has 172 valence electrons. The van der Waals surface area contributed by atoms with E-state index < -0.39 is 5.25 Å². The number of rotatable bonds is 7. The molecule has 9 nitrogen and oxygen atoms in total. The third-order valence-corrected chi connectivity index (χ3v) is 7.03. The highest BCUT2D eigenvalue weighted by Gasteiger charge is 2.37. The van der Waals surface area contributed by atoms with E-state index in [0.717, 1.165) is 30.7 Å². The molecule has 1 aromatic carbocycles. The van der Waals surface area contributed by atoms with E-state index in [1.807, 2.05) is 43.3 Å². The van der Waals surface area contributed by atoms with Crippen LogP contribution in [-0.4, -0.2) is 54.8 Å². The molecule has 0 saturated carbocycles. The van der Waals surface area contributed by atoms with Crippen molar-refractivity contribution in [3.63, 3.8) is 0 Å². The molecule has 0 aliphatic carbocycles. The molecule has 11 heteroatoms. The number of carbonyl (C=O) groups is 1. The Balaban J connectivity index is 1.35. The first-order chi connectivity index (χ1) is 16.1. The lowest BCUT2D eigenvalue weighted by atomic mass is 10.0. The zero-order chi connectivity index (χ0) is 22.8. The Labute approximate surface area is 200 Å². The number of nitrogens with zero attached hydrogens (tertiary/aromatic N) is 6. The standard InChI is InChI=1S/C22H23ClN6O3S/c1-14(33-22-24-26-27-28(22)13-17-4-2-10-31-17)21(30)29-19(20-5-3-11-32-20)12-18(25-29)15-6-8-16(23)9-7-15/h3,5-9,11,14,17,19H,2,4,10,12-13H2,1H3/t14-,17-,19+/m0/s1. The minimum Gasteiger partial charge on any atom is -0.467 e. The lowest BCUT2D eigenvalue weighted by Gasteiger charge is -2.22. The van der Waals surface area contributed by atoms with Crippen molar-refractivity contribution in [2.75, 3.05) is 6.61 Å². The minimum absolute atomic E-state index is 0.104. The fourth-order valence-electron chi connectivity index (χ4n) is 4.00. The van der Waals surface area contributed by atoms with Gasteiger partial charge in [0, 0.05) is 18.1 Å². The van der Waals surface area contributed by atoms with Crippen molar-refractivity contribution in [3.8, 4) is 0 Å². The van der Waals surface area contributed by atoms with Crippen LogP contribution in [0.3, 0.4) is 0 Å². The van der Waals surface area contributed by atoms with Gasteiger partial charge in [-0.1, -0.05) is 35.5 Å². The monoisotopic (exact) mass is 486 g/mol. The van der Waals surface area contributed by atoms with E-state index in [9.17, 15) is 4.79 Å². The highest BCUT2D eigenvalue weighted by molar-refractivity contribution is 8.00. The molecule has 3 aromatic rings. The molecule has 2 aliphatic heterocycles. The molecule has 1 fully saturated rings. The van der Waals surface area contributed by atoms with Gasteiger partial charge in [-0.3, -0.25) is 4.79 Å². The number of hydrogen-bond donors (Lipinski definition) is 0. The first-order valence-electron chi connectivity index (χ1n) is 10.8. The summed E-state index contributed by atoms with van der Waals surface area (Å²) >= 11 is 7.35. The van der Waals surface area contributed by atoms with Crippen LogP contribution < -0.4 is 0 Å². The summed E-state index contributed by atoms with van der Waals surface area (Å²) in [6.45, 7) is 3.18. The summed E-state index contributed by atoms with van der Waals surface area (Å²) in [6.07, 6.45) is 4.29. The van der Waals surface area contributed by atoms with Crippen LogP contribution in [0.4, 0.5) is 0 Å². The number of halogens is 1. The van der Waals surface area contributed by atoms with Crippen LogP contribution in [0, 0.1) is 0 Å². The van der Waals surface area contributed by atoms with Crippen LogP contribution in [0.25, 0.3) is 0 Å². The number of ether oxygens (including phenoxy) is 1. The first-order valence-corrected chi connectivity index (χ1v) is 12.1. The fourth-order valence-corrected chi connectivity index (χ4v) is 4.97. The third-order valence-electron chi connectivity index (χ3n) is 5.71. The lowest BCUT2D eigenvalue weighted by molar-refractivity contribution is -0.132. The predicted molar refractivity (Wildman–Crippen MR) is 123 cm³/mol. The van der Waals surface area contributed by atoms with Crippen molar-refractivity contribution in [3.05, 3.63) is 59.0 Å². The van der Waals surface area contributed by atoms with Gasteiger partial charge in [0.1, 0.15) is 11.8 Å². The zero-order valence-corrected chi connectivity index (χ0v) is 19.6. The van der Waals surface area contributed by atoms with Crippen molar-refractivity contribution in [2.24, 2.45) is 5.10 Å². The summed E-state index contributed by atoms with van der Waals surface area (Å²) in [5.74, 6) is 0.550. The Hall–Kier alpha value is -2.69. The molecule has 5 rings (SSSR count). The van der Waals surface area contributed by atoms with Gasteiger partial charge in [0.2, 0.25) is 5.16 Å². The zero-order valence-electron chi connectivity index (χ0n) is 18.0. The summed E-state index contributed by atoms with van der Waals surface area (Å²) in [7, 11) is 0. The molecule has 4 heterocycles. The van der Waals surface area contributed by atoms with Crippen LogP contribution in [0.1, 0.15) is 43.6 Å². The van der Waals surface area contributed by atoms with Gasteiger partial charge in [-0.05, 0) is 60.0 Å². The maximum Gasteiger partial charge on any atom is 0.256 e. The number of aromatic nitrogens is 4. The maximum absolute atomic E-state index is 13.5. The highest BCUT2D eigenvalue weighted by atomic mass is 35.5. The van der Waals surface area contributed by atoms with E-state index in [2.05, 4.69) is 20.6 Å². The summed E-state index contributed by atoms with van der Waals surface area (Å²) in [5.41, 5.74) is 1.73. The molecular weight excluding hydrogens is 464 g/mol. The Morgan fingerprint density at radius 3 is 2.88 bits per heavy atom. The molecule has 0 N–H and O–H groups in total. The van der Waals surface area contributed by atoms with E-state index in [1.54, 1.807) is 10.9 Å². The van der Waals surface area contributed by atoms with E-state index >= 15 is 0 Å². The molecule has 3 atom stereocenters. The second kappa shape index (κ2) is 9.66. The van der Waals surface area contributed by atoms with Crippen LogP contribution in [0.5, 0.6) is 0 Å². The third kappa shape index (κ3) is 4.83. The molecule has 33 heavy (non-hydrogen) atoms. The van der Waals surface area contributed by atoms with Gasteiger partial charge in [-0.15, -0.1) is 5.10 Å². The molecule has 2 aromatic heterocycles.